The normalized spacial score (nSPS) is 13.4. The standard InChI is InChI=1S/C49H68N4/c1-13-17-24-43-44(16-4)52(11)49(51-43)47-33(6)27-40(28-34(47)7)32(5)26-42(31-38(15-3)39-22-20-19-21-23-39)41-29-35(8)46(36(9)30-41)48-50-37(10)45(53(48)12)25-18-14-2/h19-23,27-30,32,38,42H,13-18,24-26,31H2,1-12H3. The van der Waals surface area contributed by atoms with E-state index < -0.39 is 0 Å². The molecule has 0 aliphatic carbocycles. The number of unbranched alkanes of at least 4 members (excludes halogenated alkanes) is 2. The number of hydrogen-bond acceptors (Lipinski definition) is 2. The highest BCUT2D eigenvalue weighted by atomic mass is 15.1. The Morgan fingerprint density at radius 2 is 1.11 bits per heavy atom. The van der Waals surface area contributed by atoms with E-state index in [-0.39, 0.29) is 0 Å². The molecule has 2 heterocycles. The minimum atomic E-state index is 0.408. The van der Waals surface area contributed by atoms with Crippen LogP contribution in [0.3, 0.4) is 0 Å². The molecule has 4 heteroatoms. The van der Waals surface area contributed by atoms with E-state index >= 15 is 0 Å². The summed E-state index contributed by atoms with van der Waals surface area (Å²) in [5.41, 5.74) is 17.5. The molecule has 0 N–H and O–H groups in total. The van der Waals surface area contributed by atoms with Crippen molar-refractivity contribution in [3.8, 4) is 22.8 Å². The van der Waals surface area contributed by atoms with E-state index in [4.69, 9.17) is 9.97 Å². The maximum atomic E-state index is 5.27. The number of hydrogen-bond donors (Lipinski definition) is 0. The summed E-state index contributed by atoms with van der Waals surface area (Å²) in [7, 11) is 4.42. The van der Waals surface area contributed by atoms with Crippen LogP contribution in [0.1, 0.15) is 159 Å². The number of rotatable bonds is 17. The van der Waals surface area contributed by atoms with Crippen molar-refractivity contribution in [2.24, 2.45) is 14.1 Å². The van der Waals surface area contributed by atoms with Gasteiger partial charge < -0.3 is 9.13 Å². The Morgan fingerprint density at radius 1 is 0.585 bits per heavy atom. The first-order valence-electron chi connectivity index (χ1n) is 20.8. The summed E-state index contributed by atoms with van der Waals surface area (Å²) >= 11 is 0. The third kappa shape index (κ3) is 8.74. The van der Waals surface area contributed by atoms with Crippen LogP contribution in [0.15, 0.2) is 54.6 Å². The molecule has 0 spiro atoms. The molecule has 2 aromatic heterocycles. The second-order valence-corrected chi connectivity index (χ2v) is 16.1. The fourth-order valence-electron chi connectivity index (χ4n) is 9.14. The highest BCUT2D eigenvalue weighted by Gasteiger charge is 2.26. The predicted molar refractivity (Wildman–Crippen MR) is 227 cm³/mol. The molecule has 4 nitrogen and oxygen atoms in total. The highest BCUT2D eigenvalue weighted by Crippen LogP contribution is 2.42. The van der Waals surface area contributed by atoms with Crippen LogP contribution in [0.2, 0.25) is 0 Å². The van der Waals surface area contributed by atoms with E-state index in [1.807, 2.05) is 0 Å². The third-order valence-electron chi connectivity index (χ3n) is 12.1. The Morgan fingerprint density at radius 3 is 1.66 bits per heavy atom. The summed E-state index contributed by atoms with van der Waals surface area (Å²) in [4.78, 5) is 10.4. The molecule has 0 fully saturated rings. The average molecular weight is 713 g/mol. The van der Waals surface area contributed by atoms with Crippen LogP contribution in [-0.2, 0) is 33.4 Å². The number of imidazole rings is 2. The first kappa shape index (κ1) is 40.3. The van der Waals surface area contributed by atoms with Crippen molar-refractivity contribution < 1.29 is 0 Å². The predicted octanol–water partition coefficient (Wildman–Crippen LogP) is 13.1. The van der Waals surface area contributed by atoms with E-state index in [1.54, 1.807) is 0 Å². The molecule has 5 rings (SSSR count). The van der Waals surface area contributed by atoms with E-state index in [9.17, 15) is 0 Å². The van der Waals surface area contributed by atoms with Gasteiger partial charge in [0.2, 0.25) is 0 Å². The van der Waals surface area contributed by atoms with Gasteiger partial charge >= 0.3 is 0 Å². The zero-order valence-electron chi connectivity index (χ0n) is 35.3. The van der Waals surface area contributed by atoms with Crippen LogP contribution in [0.25, 0.3) is 22.8 Å². The van der Waals surface area contributed by atoms with Crippen LogP contribution in [0.4, 0.5) is 0 Å². The molecule has 0 aliphatic rings. The fraction of sp³-hybridized carbons (Fsp3) is 0.510. The van der Waals surface area contributed by atoms with Gasteiger partial charge in [-0.1, -0.05) is 102 Å². The van der Waals surface area contributed by atoms with Crippen LogP contribution in [-0.4, -0.2) is 19.1 Å². The fourth-order valence-corrected chi connectivity index (χ4v) is 9.14. The van der Waals surface area contributed by atoms with Gasteiger partial charge in [-0.2, -0.15) is 0 Å². The largest absolute Gasteiger partial charge is 0.331 e. The van der Waals surface area contributed by atoms with Gasteiger partial charge in [0.15, 0.2) is 0 Å². The van der Waals surface area contributed by atoms with Crippen molar-refractivity contribution in [3.05, 3.63) is 116 Å². The Balaban J connectivity index is 1.51. The average Bonchev–Trinajstić information content (AvgIpc) is 3.60. The smallest absolute Gasteiger partial charge is 0.140 e. The van der Waals surface area contributed by atoms with Crippen molar-refractivity contribution in [3.63, 3.8) is 0 Å². The lowest BCUT2D eigenvalue weighted by atomic mass is 9.77. The molecule has 3 aromatic carbocycles. The molecule has 3 unspecified atom stereocenters. The topological polar surface area (TPSA) is 35.6 Å². The Labute approximate surface area is 322 Å². The van der Waals surface area contributed by atoms with Gasteiger partial charge in [0.25, 0.3) is 0 Å². The van der Waals surface area contributed by atoms with Crippen molar-refractivity contribution in [2.45, 2.75) is 151 Å². The molecule has 0 radical (unpaired) electrons. The van der Waals surface area contributed by atoms with Gasteiger partial charge in [0.1, 0.15) is 11.6 Å². The minimum Gasteiger partial charge on any atom is -0.331 e. The molecular formula is C49H68N4. The van der Waals surface area contributed by atoms with Crippen molar-refractivity contribution >= 4 is 0 Å². The molecule has 0 saturated heterocycles. The lowest BCUT2D eigenvalue weighted by Gasteiger charge is -2.28. The van der Waals surface area contributed by atoms with Crippen LogP contribution in [0, 0.1) is 34.6 Å². The number of benzene rings is 3. The van der Waals surface area contributed by atoms with Crippen LogP contribution < -0.4 is 0 Å². The number of aryl methyl sites for hydroxylation is 6. The van der Waals surface area contributed by atoms with Crippen molar-refractivity contribution in [2.75, 3.05) is 0 Å². The van der Waals surface area contributed by atoms with Gasteiger partial charge in [-0.25, -0.2) is 9.97 Å². The van der Waals surface area contributed by atoms with Crippen molar-refractivity contribution in [1.29, 1.82) is 0 Å². The Hall–Kier alpha value is -3.92. The first-order chi connectivity index (χ1) is 25.4. The first-order valence-corrected chi connectivity index (χ1v) is 20.8. The molecule has 284 valence electrons. The molecule has 0 bridgehead atoms. The summed E-state index contributed by atoms with van der Waals surface area (Å²) in [5, 5.41) is 0. The van der Waals surface area contributed by atoms with E-state index in [0.29, 0.717) is 17.8 Å². The number of aromatic nitrogens is 4. The Bertz CT molecular complexity index is 1930. The summed E-state index contributed by atoms with van der Waals surface area (Å²) < 4.78 is 4.72. The maximum absolute atomic E-state index is 5.27. The molecule has 53 heavy (non-hydrogen) atoms. The monoisotopic (exact) mass is 713 g/mol. The lowest BCUT2D eigenvalue weighted by Crippen LogP contribution is -2.11. The zero-order valence-corrected chi connectivity index (χ0v) is 35.3. The molecule has 0 saturated carbocycles. The van der Waals surface area contributed by atoms with Gasteiger partial charge in [-0.05, 0) is 143 Å². The summed E-state index contributed by atoms with van der Waals surface area (Å²) in [6.07, 6.45) is 11.3. The lowest BCUT2D eigenvalue weighted by molar-refractivity contribution is 0.467. The minimum absolute atomic E-state index is 0.408. The van der Waals surface area contributed by atoms with Crippen LogP contribution in [0.5, 0.6) is 0 Å². The molecule has 0 aliphatic heterocycles. The van der Waals surface area contributed by atoms with Gasteiger partial charge in [-0.3, -0.25) is 0 Å². The molecule has 3 atom stereocenters. The van der Waals surface area contributed by atoms with Crippen molar-refractivity contribution in [1.82, 2.24) is 19.1 Å². The van der Waals surface area contributed by atoms with E-state index in [1.165, 1.54) is 98.5 Å². The zero-order chi connectivity index (χ0) is 38.4. The second kappa shape index (κ2) is 17.9. The van der Waals surface area contributed by atoms with E-state index in [2.05, 4.69) is 147 Å². The highest BCUT2D eigenvalue weighted by molar-refractivity contribution is 5.68. The SMILES string of the molecule is CCCCc1nc(-c2c(C)cc(C(C)CC(CC(CC)c3ccccc3)c3cc(C)c(-c4nc(C)c(CCCC)n4C)c(C)c3)cc2C)n(C)c1CC. The maximum Gasteiger partial charge on any atom is 0.140 e. The summed E-state index contributed by atoms with van der Waals surface area (Å²) in [6, 6.07) is 21.1. The number of nitrogens with zero attached hydrogens (tertiary/aromatic N) is 4. The van der Waals surface area contributed by atoms with Gasteiger partial charge in [0, 0.05) is 36.6 Å². The van der Waals surface area contributed by atoms with E-state index in [0.717, 1.165) is 50.2 Å². The third-order valence-corrected chi connectivity index (χ3v) is 12.1. The molecular weight excluding hydrogens is 645 g/mol. The quantitative estimate of drug-likeness (QED) is 0.0962. The van der Waals surface area contributed by atoms with Crippen LogP contribution >= 0.6 is 0 Å². The van der Waals surface area contributed by atoms with Gasteiger partial charge in [0.05, 0.1) is 11.4 Å². The molecule has 5 aromatic rings. The summed E-state index contributed by atoms with van der Waals surface area (Å²) in [6.45, 7) is 23.0. The Kier molecular flexibility index (Phi) is 13.6. The molecule has 0 amide bonds. The summed E-state index contributed by atoms with van der Waals surface area (Å²) in [5.74, 6) is 3.58. The second-order valence-electron chi connectivity index (χ2n) is 16.1. The van der Waals surface area contributed by atoms with Gasteiger partial charge in [-0.15, -0.1) is 0 Å².